The van der Waals surface area contributed by atoms with Crippen molar-refractivity contribution >= 4 is 18.1 Å². The van der Waals surface area contributed by atoms with Gasteiger partial charge in [0.25, 0.3) is 0 Å². The molecule has 7 heteroatoms. The lowest BCUT2D eigenvalue weighted by molar-refractivity contribution is -0.386. The minimum absolute atomic E-state index is 0.389. The Morgan fingerprint density at radius 3 is 2.06 bits per heavy atom. The second-order valence-corrected chi connectivity index (χ2v) is 9.22. The van der Waals surface area contributed by atoms with E-state index in [1.54, 1.807) is 0 Å². The lowest BCUT2D eigenvalue weighted by atomic mass is 9.78. The first-order valence-electron chi connectivity index (χ1n) is 12.6. The van der Waals surface area contributed by atoms with Gasteiger partial charge in [0, 0.05) is 50.1 Å². The molecule has 6 nitrogen and oxygen atoms in total. The number of allylic oxidation sites excluding steroid dienone is 2. The van der Waals surface area contributed by atoms with Crippen LogP contribution in [0.4, 0.5) is 0 Å². The molecule has 2 aromatic rings. The van der Waals surface area contributed by atoms with Crippen LogP contribution in [0, 0.1) is 13.8 Å². The van der Waals surface area contributed by atoms with Gasteiger partial charge in [-0.15, -0.1) is 0 Å². The molecule has 0 atom stereocenters. The van der Waals surface area contributed by atoms with E-state index in [2.05, 4.69) is 80.8 Å². The first-order chi connectivity index (χ1) is 16.4. The fourth-order valence-corrected chi connectivity index (χ4v) is 6.18. The average molecular weight is 462 g/mol. The Hall–Kier alpha value is -2.45. The molecule has 0 saturated heterocycles. The normalized spacial score (nSPS) is 17.1. The van der Waals surface area contributed by atoms with Gasteiger partial charge in [-0.05, 0) is 56.0 Å². The first kappa shape index (κ1) is 24.7. The molecular formula is C27H39BN4O2. The highest BCUT2D eigenvalue weighted by atomic mass is 16.6. The Kier molecular flexibility index (Phi) is 7.01. The lowest BCUT2D eigenvalue weighted by Crippen LogP contribution is -2.64. The Labute approximate surface area is 204 Å². The number of fused-ring (bicyclic) bond motifs is 2. The molecule has 0 amide bonds. The molecule has 4 N–H and O–H groups in total. The summed E-state index contributed by atoms with van der Waals surface area (Å²) >= 11 is 0. The van der Waals surface area contributed by atoms with Crippen LogP contribution in [0.2, 0.25) is 0 Å². The summed E-state index contributed by atoms with van der Waals surface area (Å²) in [4.78, 5) is 0. The molecule has 182 valence electrons. The molecule has 4 rings (SSSR count). The maximum absolute atomic E-state index is 6.72. The highest BCUT2D eigenvalue weighted by Gasteiger charge is 2.57. The van der Waals surface area contributed by atoms with Gasteiger partial charge in [0.2, 0.25) is 0 Å². The lowest BCUT2D eigenvalue weighted by Gasteiger charge is -2.43. The Bertz CT molecular complexity index is 1180. The third-order valence-corrected chi connectivity index (χ3v) is 7.50. The van der Waals surface area contributed by atoms with Crippen molar-refractivity contribution in [2.75, 3.05) is 26.3 Å². The van der Waals surface area contributed by atoms with Crippen LogP contribution in [0.5, 0.6) is 0 Å². The predicted octanol–water partition coefficient (Wildman–Crippen LogP) is 3.89. The predicted molar refractivity (Wildman–Crippen MR) is 141 cm³/mol. The average Bonchev–Trinajstić information content (AvgIpc) is 3.26. The molecular weight excluding hydrogens is 423 g/mol. The maximum Gasteiger partial charge on any atom is 0.666 e. The quantitative estimate of drug-likeness (QED) is 0.555. The van der Waals surface area contributed by atoms with Crippen LogP contribution < -0.4 is 11.5 Å². The van der Waals surface area contributed by atoms with Gasteiger partial charge >= 0.3 is 6.82 Å². The van der Waals surface area contributed by atoms with E-state index >= 15 is 0 Å². The third-order valence-electron chi connectivity index (χ3n) is 7.50. The van der Waals surface area contributed by atoms with E-state index in [0.29, 0.717) is 26.3 Å². The van der Waals surface area contributed by atoms with E-state index in [1.165, 1.54) is 56.2 Å². The van der Waals surface area contributed by atoms with Gasteiger partial charge < -0.3 is 29.7 Å². The summed E-state index contributed by atoms with van der Waals surface area (Å²) in [6, 6.07) is 10.7. The zero-order chi connectivity index (χ0) is 24.6. The van der Waals surface area contributed by atoms with Gasteiger partial charge in [0.1, 0.15) is 5.71 Å². The van der Waals surface area contributed by atoms with Crippen LogP contribution in [0.15, 0.2) is 47.2 Å². The van der Waals surface area contributed by atoms with Crippen molar-refractivity contribution in [3.63, 3.8) is 0 Å². The largest absolute Gasteiger partial charge is 0.666 e. The zero-order valence-electron chi connectivity index (χ0n) is 21.6. The van der Waals surface area contributed by atoms with Crippen LogP contribution in [0.3, 0.4) is 0 Å². The number of rotatable bonds is 9. The summed E-state index contributed by atoms with van der Waals surface area (Å²) in [6.07, 6.45) is 1.87. The molecule has 0 fully saturated rings. The van der Waals surface area contributed by atoms with E-state index < -0.39 is 6.82 Å². The van der Waals surface area contributed by atoms with E-state index in [9.17, 15) is 0 Å². The van der Waals surface area contributed by atoms with Gasteiger partial charge in [-0.2, -0.15) is 0 Å². The SMILES string of the molecule is CCC1=C(C)C2=C(c3ccccc3)c3c(C)c(CC)c(C)n3[B-](OCCN)(OCCN)[N+]2=C1C. The van der Waals surface area contributed by atoms with E-state index in [-0.39, 0.29) is 0 Å². The van der Waals surface area contributed by atoms with Crippen molar-refractivity contribution in [1.29, 1.82) is 0 Å². The summed E-state index contributed by atoms with van der Waals surface area (Å²) in [5.41, 5.74) is 24.3. The highest BCUT2D eigenvalue weighted by molar-refractivity contribution is 6.60. The smallest absolute Gasteiger partial charge is 0.482 e. The first-order valence-corrected chi connectivity index (χ1v) is 12.6. The monoisotopic (exact) mass is 462 g/mol. The van der Waals surface area contributed by atoms with Crippen LogP contribution >= 0.6 is 0 Å². The van der Waals surface area contributed by atoms with Crippen molar-refractivity contribution < 1.29 is 13.8 Å². The minimum Gasteiger partial charge on any atom is -0.482 e. The Morgan fingerprint density at radius 1 is 0.912 bits per heavy atom. The molecule has 1 aromatic carbocycles. The van der Waals surface area contributed by atoms with E-state index in [0.717, 1.165) is 12.8 Å². The number of benzene rings is 1. The number of hydrogen-bond donors (Lipinski definition) is 2. The van der Waals surface area contributed by atoms with Crippen molar-refractivity contribution in [3.05, 3.63) is 75.3 Å². The summed E-state index contributed by atoms with van der Waals surface area (Å²) < 4.78 is 18.1. The Balaban J connectivity index is 2.21. The molecule has 0 spiro atoms. The van der Waals surface area contributed by atoms with Crippen molar-refractivity contribution in [3.8, 4) is 0 Å². The third kappa shape index (κ3) is 3.45. The number of nitrogens with two attached hydrogens (primary N) is 2. The molecule has 0 unspecified atom stereocenters. The molecule has 0 bridgehead atoms. The number of aromatic nitrogens is 1. The molecule has 0 radical (unpaired) electrons. The van der Waals surface area contributed by atoms with Crippen LogP contribution in [-0.4, -0.2) is 47.8 Å². The number of nitrogens with zero attached hydrogens (tertiary/aromatic N) is 2. The van der Waals surface area contributed by atoms with Crippen LogP contribution in [0.25, 0.3) is 5.57 Å². The van der Waals surface area contributed by atoms with Crippen molar-refractivity contribution in [2.24, 2.45) is 11.5 Å². The van der Waals surface area contributed by atoms with Crippen LogP contribution in [0.1, 0.15) is 62.2 Å². The summed E-state index contributed by atoms with van der Waals surface area (Å²) in [6.45, 7) is 12.8. The standard InChI is InChI=1S/C27H39BN4O2/c1-7-23-18(3)26-25(22-12-10-9-11-13-22)27-19(4)24(8-2)21(6)32(27)28(33-16-14-29,34-17-15-30)31(26)20(23)5/h9-13H,7-8,14-17,29-30H2,1-6H3. The van der Waals surface area contributed by atoms with Gasteiger partial charge in [0.15, 0.2) is 5.70 Å². The zero-order valence-corrected chi connectivity index (χ0v) is 21.6. The second-order valence-electron chi connectivity index (χ2n) is 9.22. The highest BCUT2D eigenvalue weighted by Crippen LogP contribution is 2.46. The van der Waals surface area contributed by atoms with Crippen molar-refractivity contribution in [2.45, 2.75) is 54.4 Å². The van der Waals surface area contributed by atoms with Crippen molar-refractivity contribution in [1.82, 2.24) is 4.48 Å². The van der Waals surface area contributed by atoms with Crippen LogP contribution in [-0.2, 0) is 15.7 Å². The van der Waals surface area contributed by atoms with E-state index in [4.69, 9.17) is 20.8 Å². The number of hydrogen-bond acceptors (Lipinski definition) is 4. The Morgan fingerprint density at radius 2 is 1.53 bits per heavy atom. The second kappa shape index (κ2) is 9.66. The van der Waals surface area contributed by atoms with Gasteiger partial charge in [-0.1, -0.05) is 44.2 Å². The molecule has 1 aromatic heterocycles. The summed E-state index contributed by atoms with van der Waals surface area (Å²) in [7, 11) is 0. The maximum atomic E-state index is 6.72. The summed E-state index contributed by atoms with van der Waals surface area (Å²) in [5.74, 6) is 0. The van der Waals surface area contributed by atoms with E-state index in [1.807, 2.05) is 0 Å². The molecule has 2 aliphatic heterocycles. The molecule has 0 aliphatic carbocycles. The fourth-order valence-electron chi connectivity index (χ4n) is 6.18. The van der Waals surface area contributed by atoms with Gasteiger partial charge in [0.05, 0.1) is 5.57 Å². The minimum atomic E-state index is -2.11. The summed E-state index contributed by atoms with van der Waals surface area (Å²) in [5, 5.41) is 0. The molecule has 2 aliphatic rings. The van der Waals surface area contributed by atoms with Gasteiger partial charge in [-0.25, -0.2) is 0 Å². The van der Waals surface area contributed by atoms with Gasteiger partial charge in [-0.3, -0.25) is 0 Å². The fraction of sp³-hybridized carbons (Fsp3) is 0.444. The molecule has 0 saturated carbocycles. The topological polar surface area (TPSA) is 78.4 Å². The molecule has 34 heavy (non-hydrogen) atoms. The molecule has 3 heterocycles.